The van der Waals surface area contributed by atoms with E-state index in [0.29, 0.717) is 6.04 Å². The molecule has 1 aliphatic heterocycles. The van der Waals surface area contributed by atoms with Gasteiger partial charge in [-0.05, 0) is 47.7 Å². The van der Waals surface area contributed by atoms with Gasteiger partial charge < -0.3 is 10.2 Å². The first-order chi connectivity index (χ1) is 6.75. The summed E-state index contributed by atoms with van der Waals surface area (Å²) in [6.45, 7) is 5.55. The minimum Gasteiger partial charge on any atom is -0.369 e. The van der Waals surface area contributed by atoms with E-state index in [1.165, 1.54) is 9.26 Å². The van der Waals surface area contributed by atoms with Gasteiger partial charge in [-0.25, -0.2) is 0 Å². The Labute approximate surface area is 98.8 Å². The zero-order valence-corrected chi connectivity index (χ0v) is 10.5. The molecule has 76 valence electrons. The Kier molecular flexibility index (Phi) is 3.28. The van der Waals surface area contributed by atoms with E-state index in [0.717, 1.165) is 19.6 Å². The van der Waals surface area contributed by atoms with Crippen molar-refractivity contribution in [1.82, 2.24) is 5.32 Å². The molecular formula is C11H15IN2. The highest BCUT2D eigenvalue weighted by molar-refractivity contribution is 14.1. The van der Waals surface area contributed by atoms with Gasteiger partial charge in [-0.15, -0.1) is 0 Å². The van der Waals surface area contributed by atoms with Crippen molar-refractivity contribution in [1.29, 1.82) is 0 Å². The van der Waals surface area contributed by atoms with E-state index < -0.39 is 0 Å². The Morgan fingerprint density at radius 1 is 1.50 bits per heavy atom. The maximum atomic E-state index is 3.45. The van der Waals surface area contributed by atoms with Gasteiger partial charge in [-0.1, -0.05) is 6.07 Å². The Bertz CT molecular complexity index is 314. The van der Waals surface area contributed by atoms with Crippen LogP contribution in [0.25, 0.3) is 0 Å². The van der Waals surface area contributed by atoms with E-state index >= 15 is 0 Å². The number of rotatable bonds is 1. The van der Waals surface area contributed by atoms with Crippen LogP contribution in [-0.4, -0.2) is 25.7 Å². The molecule has 1 aromatic carbocycles. The summed E-state index contributed by atoms with van der Waals surface area (Å²) in [6.07, 6.45) is 0. The number of hydrogen-bond donors (Lipinski definition) is 1. The first kappa shape index (κ1) is 10.2. The number of nitrogens with zero attached hydrogens (tertiary/aromatic N) is 1. The number of hydrogen-bond acceptors (Lipinski definition) is 2. The van der Waals surface area contributed by atoms with Crippen LogP contribution in [0.2, 0.25) is 0 Å². The first-order valence-electron chi connectivity index (χ1n) is 4.99. The van der Waals surface area contributed by atoms with Crippen molar-refractivity contribution < 1.29 is 0 Å². The highest BCUT2D eigenvalue weighted by Gasteiger charge is 2.15. The summed E-state index contributed by atoms with van der Waals surface area (Å²) in [5.41, 5.74) is 1.35. The number of anilines is 1. The van der Waals surface area contributed by atoms with Gasteiger partial charge in [0.15, 0.2) is 0 Å². The van der Waals surface area contributed by atoms with E-state index in [9.17, 15) is 0 Å². The quantitative estimate of drug-likeness (QED) is 0.799. The second-order valence-corrected chi connectivity index (χ2v) is 5.03. The van der Waals surface area contributed by atoms with Crippen molar-refractivity contribution in [3.8, 4) is 0 Å². The van der Waals surface area contributed by atoms with Gasteiger partial charge in [-0.3, -0.25) is 0 Å². The molecule has 0 radical (unpaired) electrons. The predicted octanol–water partition coefficient (Wildman–Crippen LogP) is 2.09. The van der Waals surface area contributed by atoms with E-state index in [2.05, 4.69) is 64.0 Å². The Hall–Kier alpha value is -0.290. The van der Waals surface area contributed by atoms with Crippen LogP contribution >= 0.6 is 22.6 Å². The lowest BCUT2D eigenvalue weighted by Gasteiger charge is -2.33. The van der Waals surface area contributed by atoms with Crippen LogP contribution in [0.1, 0.15) is 6.92 Å². The van der Waals surface area contributed by atoms with Crippen LogP contribution in [0.5, 0.6) is 0 Å². The van der Waals surface area contributed by atoms with Crippen molar-refractivity contribution in [2.24, 2.45) is 0 Å². The van der Waals surface area contributed by atoms with Crippen LogP contribution in [0.3, 0.4) is 0 Å². The average Bonchev–Trinajstić information content (AvgIpc) is 2.18. The lowest BCUT2D eigenvalue weighted by atomic mass is 10.2. The van der Waals surface area contributed by atoms with Gasteiger partial charge in [0.1, 0.15) is 0 Å². The summed E-state index contributed by atoms with van der Waals surface area (Å²) in [5, 5.41) is 3.45. The Balaban J connectivity index is 2.14. The normalized spacial score (nSPS) is 22.4. The van der Waals surface area contributed by atoms with Crippen LogP contribution in [0.4, 0.5) is 5.69 Å². The number of benzene rings is 1. The minimum absolute atomic E-state index is 0.599. The lowest BCUT2D eigenvalue weighted by molar-refractivity contribution is 0.485. The van der Waals surface area contributed by atoms with Gasteiger partial charge in [-0.2, -0.15) is 0 Å². The largest absolute Gasteiger partial charge is 0.369 e. The minimum atomic E-state index is 0.599. The molecule has 0 spiro atoms. The third-order valence-corrected chi connectivity index (χ3v) is 3.21. The summed E-state index contributed by atoms with van der Waals surface area (Å²) in [6, 6.07) is 9.31. The molecule has 2 rings (SSSR count). The van der Waals surface area contributed by atoms with Gasteiger partial charge in [0.2, 0.25) is 0 Å². The fraction of sp³-hybridized carbons (Fsp3) is 0.455. The molecule has 3 heteroatoms. The lowest BCUT2D eigenvalue weighted by Crippen LogP contribution is -2.49. The monoisotopic (exact) mass is 302 g/mol. The predicted molar refractivity (Wildman–Crippen MR) is 68.8 cm³/mol. The molecule has 1 saturated heterocycles. The fourth-order valence-corrected chi connectivity index (χ4v) is 2.37. The van der Waals surface area contributed by atoms with Crippen molar-refractivity contribution in [3.05, 3.63) is 27.8 Å². The van der Waals surface area contributed by atoms with E-state index in [4.69, 9.17) is 0 Å². The van der Waals surface area contributed by atoms with Gasteiger partial charge in [0, 0.05) is 34.9 Å². The number of halogens is 1. The maximum Gasteiger partial charge on any atom is 0.0377 e. The molecule has 0 bridgehead atoms. The van der Waals surface area contributed by atoms with E-state index in [-0.39, 0.29) is 0 Å². The van der Waals surface area contributed by atoms with Crippen molar-refractivity contribution in [2.75, 3.05) is 24.5 Å². The summed E-state index contributed by atoms with van der Waals surface area (Å²) >= 11 is 2.36. The van der Waals surface area contributed by atoms with Crippen LogP contribution < -0.4 is 10.2 Å². The van der Waals surface area contributed by atoms with Gasteiger partial charge >= 0.3 is 0 Å². The summed E-state index contributed by atoms with van der Waals surface area (Å²) < 4.78 is 1.31. The van der Waals surface area contributed by atoms with Crippen LogP contribution in [0.15, 0.2) is 24.3 Å². The molecule has 0 aromatic heterocycles. The smallest absolute Gasteiger partial charge is 0.0377 e. The molecule has 0 unspecified atom stereocenters. The van der Waals surface area contributed by atoms with Crippen LogP contribution in [-0.2, 0) is 0 Å². The SMILES string of the molecule is C[C@H]1CN(c2cccc(I)c2)CCN1. The Morgan fingerprint density at radius 3 is 3.07 bits per heavy atom. The van der Waals surface area contributed by atoms with Crippen molar-refractivity contribution in [3.63, 3.8) is 0 Å². The second kappa shape index (κ2) is 4.49. The highest BCUT2D eigenvalue weighted by atomic mass is 127. The molecule has 1 atom stereocenters. The molecule has 0 aliphatic carbocycles. The molecule has 0 saturated carbocycles. The molecule has 1 N–H and O–H groups in total. The zero-order chi connectivity index (χ0) is 9.97. The topological polar surface area (TPSA) is 15.3 Å². The van der Waals surface area contributed by atoms with Crippen molar-refractivity contribution in [2.45, 2.75) is 13.0 Å². The number of nitrogens with one attached hydrogen (secondary N) is 1. The van der Waals surface area contributed by atoms with Gasteiger partial charge in [0.05, 0.1) is 0 Å². The molecular weight excluding hydrogens is 287 g/mol. The molecule has 1 aliphatic rings. The molecule has 1 heterocycles. The maximum absolute atomic E-state index is 3.45. The molecule has 2 nitrogen and oxygen atoms in total. The van der Waals surface area contributed by atoms with E-state index in [1.807, 2.05) is 0 Å². The molecule has 1 aromatic rings. The number of piperazine rings is 1. The third kappa shape index (κ3) is 2.39. The molecule has 0 amide bonds. The zero-order valence-electron chi connectivity index (χ0n) is 8.33. The van der Waals surface area contributed by atoms with Crippen molar-refractivity contribution >= 4 is 28.3 Å². The summed E-state index contributed by atoms with van der Waals surface area (Å²) in [7, 11) is 0. The fourth-order valence-electron chi connectivity index (χ4n) is 1.84. The molecule has 1 fully saturated rings. The summed E-state index contributed by atoms with van der Waals surface area (Å²) in [5.74, 6) is 0. The average molecular weight is 302 g/mol. The van der Waals surface area contributed by atoms with Crippen LogP contribution in [0, 0.1) is 3.57 Å². The Morgan fingerprint density at radius 2 is 2.36 bits per heavy atom. The van der Waals surface area contributed by atoms with E-state index in [1.54, 1.807) is 0 Å². The molecule has 14 heavy (non-hydrogen) atoms. The standard InChI is InChI=1S/C11H15IN2/c1-9-8-14(6-5-13-9)11-4-2-3-10(12)7-11/h2-4,7,9,13H,5-6,8H2,1H3/t9-/m0/s1. The third-order valence-electron chi connectivity index (χ3n) is 2.54. The highest BCUT2D eigenvalue weighted by Crippen LogP contribution is 2.18. The van der Waals surface area contributed by atoms with Gasteiger partial charge in [0.25, 0.3) is 0 Å². The second-order valence-electron chi connectivity index (χ2n) is 3.78. The summed E-state index contributed by atoms with van der Waals surface area (Å²) in [4.78, 5) is 2.45. The first-order valence-corrected chi connectivity index (χ1v) is 6.07.